The number of hydrogen-bond donors (Lipinski definition) is 1. The smallest absolute Gasteiger partial charge is 0.300 e. The SMILES string of the molecule is CSC1CCCC(NC(c2ccccc2)C(F)(F)F)C1. The molecule has 2 rings (SSSR count). The molecule has 1 fully saturated rings. The van der Waals surface area contributed by atoms with Gasteiger partial charge in [-0.15, -0.1) is 0 Å². The van der Waals surface area contributed by atoms with Crippen molar-refractivity contribution >= 4 is 11.8 Å². The molecular formula is C15H20F3NS. The monoisotopic (exact) mass is 303 g/mol. The van der Waals surface area contributed by atoms with E-state index in [4.69, 9.17) is 0 Å². The summed E-state index contributed by atoms with van der Waals surface area (Å²) in [6, 6.07) is 6.52. The quantitative estimate of drug-likeness (QED) is 0.875. The highest BCUT2D eigenvalue weighted by atomic mass is 32.2. The van der Waals surface area contributed by atoms with Crippen LogP contribution in [0.25, 0.3) is 0 Å². The van der Waals surface area contributed by atoms with Crippen LogP contribution in [0.2, 0.25) is 0 Å². The Bertz CT molecular complexity index is 407. The van der Waals surface area contributed by atoms with Crippen LogP contribution >= 0.6 is 11.8 Å². The average molecular weight is 303 g/mol. The third-order valence-electron chi connectivity index (χ3n) is 3.82. The molecule has 0 bridgehead atoms. The first-order valence-corrected chi connectivity index (χ1v) is 8.20. The summed E-state index contributed by atoms with van der Waals surface area (Å²) in [5, 5.41) is 3.32. The fraction of sp³-hybridized carbons (Fsp3) is 0.600. The van der Waals surface area contributed by atoms with Crippen LogP contribution in [0.4, 0.5) is 13.2 Å². The molecule has 0 heterocycles. The van der Waals surface area contributed by atoms with E-state index in [0.29, 0.717) is 10.8 Å². The van der Waals surface area contributed by atoms with Gasteiger partial charge in [-0.05, 0) is 31.1 Å². The van der Waals surface area contributed by atoms with Crippen molar-refractivity contribution in [1.82, 2.24) is 5.32 Å². The average Bonchev–Trinajstić information content (AvgIpc) is 2.45. The molecule has 0 radical (unpaired) electrons. The van der Waals surface area contributed by atoms with E-state index >= 15 is 0 Å². The summed E-state index contributed by atoms with van der Waals surface area (Å²) in [5.74, 6) is 0. The van der Waals surface area contributed by atoms with Crippen LogP contribution in [-0.4, -0.2) is 23.7 Å². The van der Waals surface area contributed by atoms with E-state index in [1.807, 2.05) is 6.26 Å². The molecule has 1 aromatic carbocycles. The molecule has 1 aromatic rings. The Balaban J connectivity index is 2.09. The van der Waals surface area contributed by atoms with E-state index in [0.717, 1.165) is 25.7 Å². The van der Waals surface area contributed by atoms with Gasteiger partial charge in [0.05, 0.1) is 0 Å². The van der Waals surface area contributed by atoms with Crippen molar-refractivity contribution in [2.24, 2.45) is 0 Å². The van der Waals surface area contributed by atoms with Crippen LogP contribution in [0.5, 0.6) is 0 Å². The predicted octanol–water partition coefficient (Wildman–Crippen LogP) is 4.55. The van der Waals surface area contributed by atoms with Gasteiger partial charge in [0.2, 0.25) is 0 Å². The lowest BCUT2D eigenvalue weighted by atomic mass is 9.93. The Morgan fingerprint density at radius 3 is 2.50 bits per heavy atom. The van der Waals surface area contributed by atoms with E-state index in [1.165, 1.54) is 0 Å². The second-order valence-corrected chi connectivity index (χ2v) is 6.41. The van der Waals surface area contributed by atoms with Gasteiger partial charge in [0.1, 0.15) is 6.04 Å². The van der Waals surface area contributed by atoms with Gasteiger partial charge in [0, 0.05) is 11.3 Å². The largest absolute Gasteiger partial charge is 0.407 e. The molecule has 3 unspecified atom stereocenters. The molecule has 0 saturated heterocycles. The van der Waals surface area contributed by atoms with Crippen LogP contribution in [0.3, 0.4) is 0 Å². The summed E-state index contributed by atoms with van der Waals surface area (Å²) in [5.41, 5.74) is 0.297. The molecule has 0 spiro atoms. The number of halogens is 3. The molecule has 5 heteroatoms. The lowest BCUT2D eigenvalue weighted by Crippen LogP contribution is -2.43. The molecule has 20 heavy (non-hydrogen) atoms. The van der Waals surface area contributed by atoms with Crippen LogP contribution in [0.15, 0.2) is 30.3 Å². The van der Waals surface area contributed by atoms with Crippen LogP contribution in [0.1, 0.15) is 37.3 Å². The summed E-state index contributed by atoms with van der Waals surface area (Å²) in [6.07, 6.45) is 1.54. The zero-order valence-corrected chi connectivity index (χ0v) is 12.3. The molecule has 1 N–H and O–H groups in total. The number of alkyl halides is 3. The van der Waals surface area contributed by atoms with Crippen molar-refractivity contribution in [3.8, 4) is 0 Å². The van der Waals surface area contributed by atoms with E-state index in [-0.39, 0.29) is 6.04 Å². The maximum absolute atomic E-state index is 13.3. The zero-order valence-electron chi connectivity index (χ0n) is 11.5. The third-order valence-corrected chi connectivity index (χ3v) is 4.92. The number of hydrogen-bond acceptors (Lipinski definition) is 2. The highest BCUT2D eigenvalue weighted by molar-refractivity contribution is 7.99. The first-order chi connectivity index (χ1) is 9.50. The standard InChI is InChI=1S/C15H20F3NS/c1-20-13-9-5-8-12(10-13)19-14(15(16,17)18)11-6-3-2-4-7-11/h2-4,6-7,12-14,19H,5,8-10H2,1H3. The second kappa shape index (κ2) is 6.85. The Morgan fingerprint density at radius 1 is 1.20 bits per heavy atom. The van der Waals surface area contributed by atoms with E-state index < -0.39 is 12.2 Å². The zero-order chi connectivity index (χ0) is 14.6. The van der Waals surface area contributed by atoms with Crippen molar-refractivity contribution in [1.29, 1.82) is 0 Å². The lowest BCUT2D eigenvalue weighted by molar-refractivity contribution is -0.160. The second-order valence-electron chi connectivity index (χ2n) is 5.27. The fourth-order valence-electron chi connectivity index (χ4n) is 2.77. The Labute approximate surface area is 122 Å². The first kappa shape index (κ1) is 15.7. The molecule has 3 atom stereocenters. The van der Waals surface area contributed by atoms with Gasteiger partial charge in [-0.1, -0.05) is 36.8 Å². The minimum atomic E-state index is -4.26. The van der Waals surface area contributed by atoms with E-state index in [2.05, 4.69) is 5.32 Å². The number of benzene rings is 1. The van der Waals surface area contributed by atoms with Crippen LogP contribution < -0.4 is 5.32 Å². The van der Waals surface area contributed by atoms with E-state index in [9.17, 15) is 13.2 Å². The Hall–Kier alpha value is -0.680. The molecule has 0 aliphatic heterocycles. The van der Waals surface area contributed by atoms with Gasteiger partial charge in [0.15, 0.2) is 0 Å². The number of nitrogens with one attached hydrogen (secondary N) is 1. The van der Waals surface area contributed by atoms with Crippen LogP contribution in [0, 0.1) is 0 Å². The van der Waals surface area contributed by atoms with E-state index in [1.54, 1.807) is 42.1 Å². The number of rotatable bonds is 4. The van der Waals surface area contributed by atoms with Gasteiger partial charge in [-0.25, -0.2) is 0 Å². The van der Waals surface area contributed by atoms with Crippen LogP contribution in [-0.2, 0) is 0 Å². The lowest BCUT2D eigenvalue weighted by Gasteiger charge is -2.33. The van der Waals surface area contributed by atoms with Gasteiger partial charge in [0.25, 0.3) is 0 Å². The number of thioether (sulfide) groups is 1. The summed E-state index contributed by atoms with van der Waals surface area (Å²) in [4.78, 5) is 0. The van der Waals surface area contributed by atoms with Gasteiger partial charge in [-0.3, -0.25) is 5.32 Å². The van der Waals surface area contributed by atoms with Crippen molar-refractivity contribution in [2.45, 2.75) is 49.2 Å². The minimum Gasteiger partial charge on any atom is -0.300 e. The third kappa shape index (κ3) is 4.16. The molecular weight excluding hydrogens is 283 g/mol. The normalized spacial score (nSPS) is 25.4. The summed E-state index contributed by atoms with van der Waals surface area (Å²) in [7, 11) is 0. The molecule has 0 aromatic heterocycles. The molecule has 112 valence electrons. The Kier molecular flexibility index (Phi) is 5.38. The first-order valence-electron chi connectivity index (χ1n) is 6.91. The summed E-state index contributed by atoms with van der Waals surface area (Å²) < 4.78 is 39.8. The Morgan fingerprint density at radius 2 is 1.90 bits per heavy atom. The van der Waals surface area contributed by atoms with Gasteiger partial charge >= 0.3 is 6.18 Å². The van der Waals surface area contributed by atoms with Crippen molar-refractivity contribution in [2.75, 3.05) is 6.26 Å². The van der Waals surface area contributed by atoms with Gasteiger partial charge < -0.3 is 0 Å². The topological polar surface area (TPSA) is 12.0 Å². The summed E-state index contributed by atoms with van der Waals surface area (Å²) >= 11 is 1.76. The van der Waals surface area contributed by atoms with Gasteiger partial charge in [-0.2, -0.15) is 24.9 Å². The maximum atomic E-state index is 13.3. The maximum Gasteiger partial charge on any atom is 0.407 e. The van der Waals surface area contributed by atoms with Crippen molar-refractivity contribution < 1.29 is 13.2 Å². The highest BCUT2D eigenvalue weighted by Crippen LogP contribution is 2.35. The molecule has 0 amide bonds. The van der Waals surface area contributed by atoms with Crippen molar-refractivity contribution in [3.05, 3.63) is 35.9 Å². The fourth-order valence-corrected chi connectivity index (χ4v) is 3.60. The molecule has 1 saturated carbocycles. The highest BCUT2D eigenvalue weighted by Gasteiger charge is 2.42. The predicted molar refractivity (Wildman–Crippen MR) is 77.9 cm³/mol. The summed E-state index contributed by atoms with van der Waals surface area (Å²) in [6.45, 7) is 0. The molecule has 1 aliphatic rings. The molecule has 1 nitrogen and oxygen atoms in total. The minimum absolute atomic E-state index is 0.0481. The molecule has 1 aliphatic carbocycles. The van der Waals surface area contributed by atoms with Crippen molar-refractivity contribution in [3.63, 3.8) is 0 Å².